The predicted molar refractivity (Wildman–Crippen MR) is 109 cm³/mol. The zero-order chi connectivity index (χ0) is 20.0. The highest BCUT2D eigenvalue weighted by atomic mass is 19.1. The predicted octanol–water partition coefficient (Wildman–Crippen LogP) is 3.30. The van der Waals surface area contributed by atoms with Crippen LogP contribution in [0.2, 0.25) is 0 Å². The van der Waals surface area contributed by atoms with E-state index in [9.17, 15) is 9.18 Å². The molecule has 29 heavy (non-hydrogen) atoms. The van der Waals surface area contributed by atoms with Gasteiger partial charge in [-0.2, -0.15) is 0 Å². The maximum atomic E-state index is 13.3. The van der Waals surface area contributed by atoms with Gasteiger partial charge in [-0.05, 0) is 75.4 Å². The number of benzene rings is 1. The van der Waals surface area contributed by atoms with Crippen molar-refractivity contribution in [3.05, 3.63) is 47.7 Å². The number of carbonyl (C=O) groups excluding carboxylic acids is 1. The van der Waals surface area contributed by atoms with Gasteiger partial charge in [-0.1, -0.05) is 0 Å². The molecule has 3 saturated heterocycles. The van der Waals surface area contributed by atoms with Gasteiger partial charge in [-0.15, -0.1) is 0 Å². The van der Waals surface area contributed by atoms with Crippen LogP contribution in [-0.2, 0) is 4.79 Å². The number of aryl methyl sites for hydroxylation is 1. The number of aromatic nitrogens is 2. The Kier molecular flexibility index (Phi) is 4.82. The monoisotopic (exact) mass is 394 g/mol. The minimum atomic E-state index is -0.239. The lowest BCUT2D eigenvalue weighted by Crippen LogP contribution is -2.56. The quantitative estimate of drug-likeness (QED) is 0.845. The minimum Gasteiger partial charge on any atom is -0.354 e. The standard InChI is InChI=1S/C23H27FN4O/c1-14-26-21(15-4-6-18(24)7-5-15)11-22(27-14)20-13-28-9-8-17(20)10-19(28)12-25-23(29)16-2-3-16/h4-7,11,16-17,19-20H,2-3,8-10,12-13H2,1H3,(H,25,29). The van der Waals surface area contributed by atoms with Crippen molar-refractivity contribution >= 4 is 5.91 Å². The summed E-state index contributed by atoms with van der Waals surface area (Å²) in [6.07, 6.45) is 4.37. The summed E-state index contributed by atoms with van der Waals surface area (Å²) in [5.74, 6) is 1.99. The highest BCUT2D eigenvalue weighted by molar-refractivity contribution is 5.80. The third kappa shape index (κ3) is 3.90. The van der Waals surface area contributed by atoms with E-state index < -0.39 is 0 Å². The molecule has 1 aliphatic carbocycles. The highest BCUT2D eigenvalue weighted by Gasteiger charge is 2.42. The molecule has 0 radical (unpaired) electrons. The zero-order valence-corrected chi connectivity index (χ0v) is 16.8. The Bertz CT molecular complexity index is 912. The lowest BCUT2D eigenvalue weighted by Gasteiger charge is -2.49. The van der Waals surface area contributed by atoms with Crippen molar-refractivity contribution in [3.8, 4) is 11.3 Å². The molecule has 4 aliphatic rings. The van der Waals surface area contributed by atoms with Crippen LogP contribution in [0, 0.1) is 24.6 Å². The Morgan fingerprint density at radius 1 is 1.21 bits per heavy atom. The van der Waals surface area contributed by atoms with Crippen LogP contribution in [0.25, 0.3) is 11.3 Å². The third-order valence-electron chi connectivity index (χ3n) is 6.72. The topological polar surface area (TPSA) is 58.1 Å². The molecule has 1 aromatic carbocycles. The normalized spacial score (nSPS) is 28.3. The molecule has 4 heterocycles. The molecule has 4 unspecified atom stereocenters. The summed E-state index contributed by atoms with van der Waals surface area (Å²) in [6.45, 7) is 4.77. The molecule has 1 aromatic heterocycles. The van der Waals surface area contributed by atoms with E-state index in [1.807, 2.05) is 6.92 Å². The first-order chi connectivity index (χ1) is 14.1. The number of carbonyl (C=O) groups is 1. The fraction of sp³-hybridized carbons (Fsp3) is 0.522. The molecule has 6 heteroatoms. The van der Waals surface area contributed by atoms with Crippen LogP contribution in [0.4, 0.5) is 4.39 Å². The van der Waals surface area contributed by atoms with Gasteiger partial charge in [-0.25, -0.2) is 14.4 Å². The van der Waals surface area contributed by atoms with E-state index in [0.29, 0.717) is 17.9 Å². The minimum absolute atomic E-state index is 0.236. The second-order valence-corrected chi connectivity index (χ2v) is 8.79. The van der Waals surface area contributed by atoms with Gasteiger partial charge >= 0.3 is 0 Å². The molecule has 4 atom stereocenters. The Hall–Kier alpha value is -2.34. The number of piperidine rings is 3. The largest absolute Gasteiger partial charge is 0.354 e. The summed E-state index contributed by atoms with van der Waals surface area (Å²) < 4.78 is 13.3. The molecule has 0 spiro atoms. The van der Waals surface area contributed by atoms with E-state index in [4.69, 9.17) is 4.98 Å². The SMILES string of the molecule is Cc1nc(-c2ccc(F)cc2)cc(C2CN3CCC2CC3CNC(=O)C2CC2)n1. The lowest BCUT2D eigenvalue weighted by atomic mass is 9.74. The molecule has 2 bridgehead atoms. The van der Waals surface area contributed by atoms with Gasteiger partial charge in [0.05, 0.1) is 5.69 Å². The van der Waals surface area contributed by atoms with Gasteiger partial charge in [0.1, 0.15) is 11.6 Å². The summed E-state index contributed by atoms with van der Waals surface area (Å²) in [7, 11) is 0. The molecular weight excluding hydrogens is 367 g/mol. The van der Waals surface area contributed by atoms with Crippen LogP contribution in [0.1, 0.15) is 43.1 Å². The van der Waals surface area contributed by atoms with Crippen LogP contribution in [-0.4, -0.2) is 46.5 Å². The van der Waals surface area contributed by atoms with Gasteiger partial charge in [0.25, 0.3) is 0 Å². The number of nitrogens with zero attached hydrogens (tertiary/aromatic N) is 3. The van der Waals surface area contributed by atoms with E-state index in [2.05, 4.69) is 21.3 Å². The first-order valence-corrected chi connectivity index (χ1v) is 10.7. The molecular formula is C23H27FN4O. The number of hydrogen-bond donors (Lipinski definition) is 1. The van der Waals surface area contributed by atoms with Gasteiger partial charge < -0.3 is 5.32 Å². The maximum Gasteiger partial charge on any atom is 0.223 e. The van der Waals surface area contributed by atoms with Crippen molar-refractivity contribution in [2.75, 3.05) is 19.6 Å². The fourth-order valence-electron chi connectivity index (χ4n) is 4.94. The lowest BCUT2D eigenvalue weighted by molar-refractivity contribution is -0.122. The van der Waals surface area contributed by atoms with Gasteiger partial charge in [0.2, 0.25) is 5.91 Å². The number of rotatable bonds is 5. The number of nitrogens with one attached hydrogen (secondary N) is 1. The number of amides is 1. The van der Waals surface area contributed by atoms with Gasteiger partial charge in [-0.3, -0.25) is 9.69 Å². The summed E-state index contributed by atoms with van der Waals surface area (Å²) >= 11 is 0. The molecule has 1 N–H and O–H groups in total. The molecule has 3 aliphatic heterocycles. The molecule has 152 valence electrons. The van der Waals surface area contributed by atoms with E-state index in [1.54, 1.807) is 12.1 Å². The summed E-state index contributed by atoms with van der Waals surface area (Å²) in [4.78, 5) is 23.9. The van der Waals surface area contributed by atoms with E-state index >= 15 is 0 Å². The van der Waals surface area contributed by atoms with E-state index in [1.165, 1.54) is 18.6 Å². The zero-order valence-electron chi connectivity index (χ0n) is 16.8. The first kappa shape index (κ1) is 18.7. The first-order valence-electron chi connectivity index (χ1n) is 10.7. The average molecular weight is 394 g/mol. The van der Waals surface area contributed by atoms with Crippen molar-refractivity contribution in [2.45, 2.75) is 44.6 Å². The van der Waals surface area contributed by atoms with Crippen molar-refractivity contribution < 1.29 is 9.18 Å². The van der Waals surface area contributed by atoms with Crippen LogP contribution < -0.4 is 5.32 Å². The van der Waals surface area contributed by atoms with E-state index in [0.717, 1.165) is 61.7 Å². The van der Waals surface area contributed by atoms with Crippen molar-refractivity contribution in [3.63, 3.8) is 0 Å². The Morgan fingerprint density at radius 3 is 2.69 bits per heavy atom. The Morgan fingerprint density at radius 2 is 2.00 bits per heavy atom. The fourth-order valence-corrected chi connectivity index (χ4v) is 4.94. The van der Waals surface area contributed by atoms with Crippen LogP contribution in [0.5, 0.6) is 0 Å². The Labute approximate surface area is 170 Å². The summed E-state index contributed by atoms with van der Waals surface area (Å²) in [6, 6.07) is 9.01. The average Bonchev–Trinajstić information content (AvgIpc) is 3.58. The summed E-state index contributed by atoms with van der Waals surface area (Å²) in [5, 5.41) is 3.16. The van der Waals surface area contributed by atoms with Crippen LogP contribution in [0.15, 0.2) is 30.3 Å². The molecule has 5 nitrogen and oxygen atoms in total. The molecule has 1 amide bonds. The molecule has 6 rings (SSSR count). The smallest absolute Gasteiger partial charge is 0.223 e. The molecule has 2 aromatic rings. The second-order valence-electron chi connectivity index (χ2n) is 8.79. The van der Waals surface area contributed by atoms with Crippen LogP contribution in [0.3, 0.4) is 0 Å². The van der Waals surface area contributed by atoms with E-state index in [-0.39, 0.29) is 17.6 Å². The van der Waals surface area contributed by atoms with Crippen molar-refractivity contribution in [1.29, 1.82) is 0 Å². The number of fused-ring (bicyclic) bond motifs is 3. The number of halogens is 1. The molecule has 1 saturated carbocycles. The highest BCUT2D eigenvalue weighted by Crippen LogP contribution is 2.41. The second kappa shape index (κ2) is 7.48. The van der Waals surface area contributed by atoms with Crippen molar-refractivity contribution in [1.82, 2.24) is 20.2 Å². The summed E-state index contributed by atoms with van der Waals surface area (Å²) in [5.41, 5.74) is 2.87. The Balaban J connectivity index is 1.32. The van der Waals surface area contributed by atoms with Gasteiger partial charge in [0.15, 0.2) is 0 Å². The van der Waals surface area contributed by atoms with Gasteiger partial charge in [0, 0.05) is 42.2 Å². The van der Waals surface area contributed by atoms with Crippen LogP contribution >= 0.6 is 0 Å². The number of hydrogen-bond acceptors (Lipinski definition) is 4. The maximum absolute atomic E-state index is 13.3. The van der Waals surface area contributed by atoms with Crippen molar-refractivity contribution in [2.24, 2.45) is 11.8 Å². The molecule has 4 fully saturated rings. The third-order valence-corrected chi connectivity index (χ3v) is 6.72.